The van der Waals surface area contributed by atoms with Gasteiger partial charge in [-0.05, 0) is 45.3 Å². The molecular weight excluding hydrogens is 232 g/mol. The van der Waals surface area contributed by atoms with E-state index in [2.05, 4.69) is 75.3 Å². The van der Waals surface area contributed by atoms with Gasteiger partial charge in [0, 0.05) is 18.6 Å². The molecule has 0 aliphatic carbocycles. The Bertz CT molecular complexity index is 334. The molecule has 1 aromatic rings. The molecule has 2 atom stereocenters. The second-order valence-corrected chi connectivity index (χ2v) is 5.85. The average Bonchev–Trinajstić information content (AvgIpc) is 2.40. The highest BCUT2D eigenvalue weighted by Gasteiger charge is 2.20. The largest absolute Gasteiger partial charge is 0.310 e. The van der Waals surface area contributed by atoms with Crippen molar-refractivity contribution in [1.29, 1.82) is 0 Å². The van der Waals surface area contributed by atoms with E-state index >= 15 is 0 Å². The van der Waals surface area contributed by atoms with Crippen LogP contribution in [0.15, 0.2) is 30.3 Å². The molecule has 1 rings (SSSR count). The van der Waals surface area contributed by atoms with Crippen LogP contribution in [0.2, 0.25) is 0 Å². The van der Waals surface area contributed by atoms with Crippen LogP contribution >= 0.6 is 0 Å². The van der Waals surface area contributed by atoms with Gasteiger partial charge in [0.1, 0.15) is 0 Å². The third kappa shape index (κ3) is 5.33. The van der Waals surface area contributed by atoms with E-state index < -0.39 is 0 Å². The molecule has 0 saturated heterocycles. The minimum Gasteiger partial charge on any atom is -0.310 e. The highest BCUT2D eigenvalue weighted by Crippen LogP contribution is 2.23. The Hall–Kier alpha value is -0.860. The van der Waals surface area contributed by atoms with Crippen molar-refractivity contribution in [3.05, 3.63) is 35.9 Å². The Labute approximate surface area is 119 Å². The summed E-state index contributed by atoms with van der Waals surface area (Å²) in [5, 5.41) is 3.70. The average molecular weight is 262 g/mol. The number of benzene rings is 1. The van der Waals surface area contributed by atoms with Crippen LogP contribution in [-0.2, 0) is 0 Å². The predicted molar refractivity (Wildman–Crippen MR) is 84.4 cm³/mol. The van der Waals surface area contributed by atoms with Crippen LogP contribution in [0.25, 0.3) is 0 Å². The van der Waals surface area contributed by atoms with E-state index in [4.69, 9.17) is 0 Å². The van der Waals surface area contributed by atoms with E-state index in [1.807, 2.05) is 0 Å². The van der Waals surface area contributed by atoms with E-state index in [1.54, 1.807) is 0 Å². The summed E-state index contributed by atoms with van der Waals surface area (Å²) in [6, 6.07) is 11.9. The van der Waals surface area contributed by atoms with Gasteiger partial charge in [-0.2, -0.15) is 0 Å². The first-order chi connectivity index (χ1) is 9.06. The maximum atomic E-state index is 3.70. The fraction of sp³-hybridized carbons (Fsp3) is 0.647. The third-order valence-corrected chi connectivity index (χ3v) is 3.80. The first kappa shape index (κ1) is 16.2. The van der Waals surface area contributed by atoms with Gasteiger partial charge in [0.05, 0.1) is 0 Å². The fourth-order valence-electron chi connectivity index (χ4n) is 2.38. The molecule has 0 spiro atoms. The lowest BCUT2D eigenvalue weighted by molar-refractivity contribution is 0.210. The summed E-state index contributed by atoms with van der Waals surface area (Å²) in [6.45, 7) is 11.3. The van der Waals surface area contributed by atoms with E-state index in [0.29, 0.717) is 18.0 Å². The minimum absolute atomic E-state index is 0.447. The maximum Gasteiger partial charge on any atom is 0.0358 e. The van der Waals surface area contributed by atoms with Crippen LogP contribution in [0.1, 0.15) is 45.7 Å². The lowest BCUT2D eigenvalue weighted by Crippen LogP contribution is -2.37. The molecule has 0 radical (unpaired) electrons. The van der Waals surface area contributed by atoms with Crippen molar-refractivity contribution in [3.63, 3.8) is 0 Å². The van der Waals surface area contributed by atoms with Crippen molar-refractivity contribution in [2.45, 2.75) is 46.2 Å². The van der Waals surface area contributed by atoms with Crippen LogP contribution in [-0.4, -0.2) is 31.1 Å². The minimum atomic E-state index is 0.447. The van der Waals surface area contributed by atoms with Crippen LogP contribution in [0.5, 0.6) is 0 Å². The van der Waals surface area contributed by atoms with Gasteiger partial charge in [-0.15, -0.1) is 0 Å². The lowest BCUT2D eigenvalue weighted by atomic mass is 9.93. The van der Waals surface area contributed by atoms with Crippen molar-refractivity contribution in [2.75, 3.05) is 20.1 Å². The summed E-state index contributed by atoms with van der Waals surface area (Å²) >= 11 is 0. The van der Waals surface area contributed by atoms with Gasteiger partial charge in [0.25, 0.3) is 0 Å². The number of hydrogen-bond donors (Lipinski definition) is 1. The Morgan fingerprint density at radius 2 is 1.74 bits per heavy atom. The number of nitrogens with one attached hydrogen (secondary N) is 1. The van der Waals surface area contributed by atoms with Gasteiger partial charge in [0.2, 0.25) is 0 Å². The van der Waals surface area contributed by atoms with Crippen LogP contribution in [0.3, 0.4) is 0 Å². The molecular formula is C17H30N2. The van der Waals surface area contributed by atoms with Gasteiger partial charge < -0.3 is 10.2 Å². The van der Waals surface area contributed by atoms with Gasteiger partial charge >= 0.3 is 0 Å². The first-order valence-electron chi connectivity index (χ1n) is 7.54. The van der Waals surface area contributed by atoms with Crippen molar-refractivity contribution < 1.29 is 0 Å². The topological polar surface area (TPSA) is 15.3 Å². The Kier molecular flexibility index (Phi) is 7.11. The second kappa shape index (κ2) is 8.34. The van der Waals surface area contributed by atoms with E-state index in [-0.39, 0.29) is 0 Å². The van der Waals surface area contributed by atoms with Crippen molar-refractivity contribution in [2.24, 2.45) is 5.92 Å². The summed E-state index contributed by atoms with van der Waals surface area (Å²) < 4.78 is 0. The van der Waals surface area contributed by atoms with Crippen LogP contribution in [0.4, 0.5) is 0 Å². The lowest BCUT2D eigenvalue weighted by Gasteiger charge is -2.31. The predicted octanol–water partition coefficient (Wildman–Crippen LogP) is 3.70. The highest BCUT2D eigenvalue weighted by atomic mass is 15.1. The SMILES string of the molecule is CCCNC(c1ccccc1)C(C)CN(C)C(C)C. The molecule has 0 aliphatic rings. The molecule has 108 valence electrons. The molecule has 0 heterocycles. The van der Waals surface area contributed by atoms with Gasteiger partial charge in [-0.1, -0.05) is 44.2 Å². The summed E-state index contributed by atoms with van der Waals surface area (Å²) in [5.74, 6) is 0.598. The standard InChI is InChI=1S/C17H30N2/c1-6-12-18-17(16-10-8-7-9-11-16)15(4)13-19(5)14(2)3/h7-11,14-15,17-18H,6,12-13H2,1-5H3. The molecule has 0 bridgehead atoms. The summed E-state index contributed by atoms with van der Waals surface area (Å²) in [4.78, 5) is 2.42. The third-order valence-electron chi connectivity index (χ3n) is 3.80. The number of rotatable bonds is 8. The molecule has 0 fully saturated rings. The molecule has 2 unspecified atom stereocenters. The quantitative estimate of drug-likeness (QED) is 0.768. The molecule has 0 saturated carbocycles. The van der Waals surface area contributed by atoms with Gasteiger partial charge in [-0.3, -0.25) is 0 Å². The van der Waals surface area contributed by atoms with E-state index in [0.717, 1.165) is 13.1 Å². The smallest absolute Gasteiger partial charge is 0.0358 e. The molecule has 2 heteroatoms. The summed E-state index contributed by atoms with van der Waals surface area (Å²) in [7, 11) is 2.21. The Morgan fingerprint density at radius 1 is 1.11 bits per heavy atom. The molecule has 0 amide bonds. The molecule has 2 nitrogen and oxygen atoms in total. The zero-order valence-electron chi connectivity index (χ0n) is 13.2. The molecule has 1 N–H and O–H groups in total. The molecule has 0 aliphatic heterocycles. The highest BCUT2D eigenvalue weighted by molar-refractivity contribution is 5.19. The zero-order chi connectivity index (χ0) is 14.3. The van der Waals surface area contributed by atoms with Crippen molar-refractivity contribution in [1.82, 2.24) is 10.2 Å². The summed E-state index contributed by atoms with van der Waals surface area (Å²) in [6.07, 6.45) is 1.18. The zero-order valence-corrected chi connectivity index (χ0v) is 13.2. The normalized spacial score (nSPS) is 14.9. The molecule has 19 heavy (non-hydrogen) atoms. The van der Waals surface area contributed by atoms with Crippen molar-refractivity contribution >= 4 is 0 Å². The van der Waals surface area contributed by atoms with Crippen LogP contribution in [0, 0.1) is 5.92 Å². The Morgan fingerprint density at radius 3 is 2.26 bits per heavy atom. The van der Waals surface area contributed by atoms with Crippen molar-refractivity contribution in [3.8, 4) is 0 Å². The van der Waals surface area contributed by atoms with E-state index in [9.17, 15) is 0 Å². The number of nitrogens with zero attached hydrogens (tertiary/aromatic N) is 1. The second-order valence-electron chi connectivity index (χ2n) is 5.85. The Balaban J connectivity index is 2.73. The summed E-state index contributed by atoms with van der Waals surface area (Å²) in [5.41, 5.74) is 1.40. The van der Waals surface area contributed by atoms with Gasteiger partial charge in [0.15, 0.2) is 0 Å². The maximum absolute atomic E-state index is 3.70. The molecule has 0 aromatic heterocycles. The monoisotopic (exact) mass is 262 g/mol. The fourth-order valence-corrected chi connectivity index (χ4v) is 2.38. The van der Waals surface area contributed by atoms with E-state index in [1.165, 1.54) is 12.0 Å². The van der Waals surface area contributed by atoms with Crippen LogP contribution < -0.4 is 5.32 Å². The molecule has 1 aromatic carbocycles. The first-order valence-corrected chi connectivity index (χ1v) is 7.54. The number of hydrogen-bond acceptors (Lipinski definition) is 2. The van der Waals surface area contributed by atoms with Gasteiger partial charge in [-0.25, -0.2) is 0 Å².